The normalized spacial score (nSPS) is 11.1. The van der Waals surface area contributed by atoms with Crippen molar-refractivity contribution >= 4 is 15.9 Å². The largest absolute Gasteiger partial charge is 0.330 e. The van der Waals surface area contributed by atoms with Crippen LogP contribution in [0.15, 0.2) is 22.7 Å². The molecule has 2 rings (SSSR count). The molecule has 3 nitrogen and oxygen atoms in total. The van der Waals surface area contributed by atoms with Crippen LogP contribution < -0.4 is 5.73 Å². The summed E-state index contributed by atoms with van der Waals surface area (Å²) in [5.41, 5.74) is 11.9. The first kappa shape index (κ1) is 15.3. The Balaban J connectivity index is 2.61. The highest BCUT2D eigenvalue weighted by atomic mass is 79.9. The van der Waals surface area contributed by atoms with Crippen molar-refractivity contribution in [1.82, 2.24) is 9.78 Å². The average Bonchev–Trinajstić information content (AvgIpc) is 2.77. The third kappa shape index (κ3) is 2.81. The Hall–Kier alpha value is -1.13. The van der Waals surface area contributed by atoms with E-state index in [1.54, 1.807) is 0 Å². The third-order valence-electron chi connectivity index (χ3n) is 3.62. The molecule has 0 bridgehead atoms. The quantitative estimate of drug-likeness (QED) is 0.907. The highest BCUT2D eigenvalue weighted by Gasteiger charge is 2.16. The number of rotatable bonds is 5. The minimum Gasteiger partial charge on any atom is -0.330 e. The highest BCUT2D eigenvalue weighted by Crippen LogP contribution is 2.24. The molecule has 1 aromatic heterocycles. The second kappa shape index (κ2) is 6.55. The molecule has 4 heteroatoms. The smallest absolute Gasteiger partial charge is 0.0678 e. The van der Waals surface area contributed by atoms with E-state index < -0.39 is 0 Å². The van der Waals surface area contributed by atoms with Crippen LogP contribution in [0.1, 0.15) is 36.4 Å². The van der Waals surface area contributed by atoms with Crippen molar-refractivity contribution in [1.29, 1.82) is 0 Å². The zero-order valence-corrected chi connectivity index (χ0v) is 14.0. The first-order valence-electron chi connectivity index (χ1n) is 7.18. The molecule has 2 aromatic rings. The average molecular weight is 336 g/mol. The second-order valence-corrected chi connectivity index (χ2v) is 5.88. The summed E-state index contributed by atoms with van der Waals surface area (Å²) >= 11 is 3.52. The molecule has 0 aliphatic heterocycles. The summed E-state index contributed by atoms with van der Waals surface area (Å²) in [6, 6.07) is 6.32. The number of aromatic nitrogens is 2. The molecule has 0 aliphatic carbocycles. The molecule has 1 aromatic carbocycles. The number of hydrogen-bond donors (Lipinski definition) is 1. The van der Waals surface area contributed by atoms with Crippen LogP contribution >= 0.6 is 15.9 Å². The van der Waals surface area contributed by atoms with E-state index in [9.17, 15) is 0 Å². The van der Waals surface area contributed by atoms with Gasteiger partial charge in [0.05, 0.1) is 11.4 Å². The molecule has 0 radical (unpaired) electrons. The van der Waals surface area contributed by atoms with Crippen LogP contribution in [0.3, 0.4) is 0 Å². The van der Waals surface area contributed by atoms with Crippen LogP contribution in [0.5, 0.6) is 0 Å². The van der Waals surface area contributed by atoms with E-state index in [0.717, 1.165) is 29.4 Å². The van der Waals surface area contributed by atoms with Crippen molar-refractivity contribution in [2.75, 3.05) is 6.54 Å². The molecule has 0 spiro atoms. The van der Waals surface area contributed by atoms with Crippen molar-refractivity contribution < 1.29 is 0 Å². The van der Waals surface area contributed by atoms with Gasteiger partial charge in [0, 0.05) is 10.2 Å². The van der Waals surface area contributed by atoms with E-state index in [1.165, 1.54) is 22.5 Å². The zero-order valence-electron chi connectivity index (χ0n) is 12.4. The van der Waals surface area contributed by atoms with Crippen LogP contribution in [0, 0.1) is 6.92 Å². The Morgan fingerprint density at radius 1 is 1.25 bits per heavy atom. The molecule has 0 atom stereocenters. The van der Waals surface area contributed by atoms with Crippen molar-refractivity contribution in [3.63, 3.8) is 0 Å². The molecule has 0 aliphatic rings. The predicted octanol–water partition coefficient (Wildman–Crippen LogP) is 3.57. The molecule has 0 fully saturated rings. The zero-order chi connectivity index (χ0) is 14.7. The molecule has 0 unspecified atom stereocenters. The van der Waals surface area contributed by atoms with Crippen molar-refractivity contribution in [2.45, 2.75) is 40.0 Å². The molecule has 0 saturated carbocycles. The van der Waals surface area contributed by atoms with E-state index in [2.05, 4.69) is 59.6 Å². The van der Waals surface area contributed by atoms with Gasteiger partial charge in [-0.05, 0) is 62.1 Å². The molecule has 108 valence electrons. The number of nitrogens with zero attached hydrogens (tertiary/aromatic N) is 2. The number of aryl methyl sites for hydroxylation is 2. The molecular weight excluding hydrogens is 314 g/mol. The van der Waals surface area contributed by atoms with E-state index in [0.29, 0.717) is 6.54 Å². The molecular formula is C16H22BrN3. The first-order chi connectivity index (χ1) is 9.62. The van der Waals surface area contributed by atoms with Gasteiger partial charge in [0.1, 0.15) is 0 Å². The SMILES string of the molecule is CCc1nn(-c2ccc(Br)cc2C)c(CC)c1CCN. The lowest BCUT2D eigenvalue weighted by Crippen LogP contribution is -2.08. The lowest BCUT2D eigenvalue weighted by atomic mass is 10.1. The van der Waals surface area contributed by atoms with Crippen molar-refractivity contribution in [2.24, 2.45) is 5.73 Å². The lowest BCUT2D eigenvalue weighted by molar-refractivity contribution is 0.787. The maximum atomic E-state index is 5.76. The van der Waals surface area contributed by atoms with Gasteiger partial charge in [-0.25, -0.2) is 4.68 Å². The van der Waals surface area contributed by atoms with Crippen LogP contribution in [0.25, 0.3) is 5.69 Å². The molecule has 1 heterocycles. The topological polar surface area (TPSA) is 43.8 Å². The molecule has 0 saturated heterocycles. The number of halogens is 1. The minimum absolute atomic E-state index is 0.672. The fourth-order valence-electron chi connectivity index (χ4n) is 2.67. The van der Waals surface area contributed by atoms with Crippen molar-refractivity contribution in [3.8, 4) is 5.69 Å². The van der Waals surface area contributed by atoms with Crippen LogP contribution in [-0.4, -0.2) is 16.3 Å². The fraction of sp³-hybridized carbons (Fsp3) is 0.438. The first-order valence-corrected chi connectivity index (χ1v) is 7.97. The number of benzene rings is 1. The monoisotopic (exact) mass is 335 g/mol. The maximum Gasteiger partial charge on any atom is 0.0678 e. The Morgan fingerprint density at radius 3 is 2.55 bits per heavy atom. The summed E-state index contributed by atoms with van der Waals surface area (Å²) < 4.78 is 3.20. The lowest BCUT2D eigenvalue weighted by Gasteiger charge is -2.10. The van der Waals surface area contributed by atoms with Crippen LogP contribution in [0.4, 0.5) is 0 Å². The fourth-order valence-corrected chi connectivity index (χ4v) is 3.15. The Bertz CT molecular complexity index is 602. The van der Waals surface area contributed by atoms with Crippen molar-refractivity contribution in [3.05, 3.63) is 45.2 Å². The van der Waals surface area contributed by atoms with Gasteiger partial charge in [-0.2, -0.15) is 5.10 Å². The Labute approximate surface area is 129 Å². The van der Waals surface area contributed by atoms with Crippen LogP contribution in [-0.2, 0) is 19.3 Å². The van der Waals surface area contributed by atoms with E-state index in [4.69, 9.17) is 10.8 Å². The summed E-state index contributed by atoms with van der Waals surface area (Å²) in [6.07, 6.45) is 2.82. The summed E-state index contributed by atoms with van der Waals surface area (Å²) in [5.74, 6) is 0. The van der Waals surface area contributed by atoms with Gasteiger partial charge in [-0.15, -0.1) is 0 Å². The minimum atomic E-state index is 0.672. The van der Waals surface area contributed by atoms with E-state index in [-0.39, 0.29) is 0 Å². The predicted molar refractivity (Wildman–Crippen MR) is 87.5 cm³/mol. The number of hydrogen-bond acceptors (Lipinski definition) is 2. The second-order valence-electron chi connectivity index (χ2n) is 4.96. The summed E-state index contributed by atoms with van der Waals surface area (Å²) in [7, 11) is 0. The van der Waals surface area contributed by atoms with E-state index >= 15 is 0 Å². The van der Waals surface area contributed by atoms with Gasteiger partial charge in [0.25, 0.3) is 0 Å². The molecule has 20 heavy (non-hydrogen) atoms. The highest BCUT2D eigenvalue weighted by molar-refractivity contribution is 9.10. The summed E-state index contributed by atoms with van der Waals surface area (Å²) in [5, 5.41) is 4.82. The van der Waals surface area contributed by atoms with E-state index in [1.807, 2.05) is 0 Å². The standard InChI is InChI=1S/C16H22BrN3/c1-4-14-13(8-9-18)15(5-2)20(19-14)16-7-6-12(17)10-11(16)3/h6-7,10H,4-5,8-9,18H2,1-3H3. The maximum absolute atomic E-state index is 5.76. The molecule has 2 N–H and O–H groups in total. The third-order valence-corrected chi connectivity index (χ3v) is 4.12. The van der Waals surface area contributed by atoms with Gasteiger partial charge in [-0.3, -0.25) is 0 Å². The van der Waals surface area contributed by atoms with Gasteiger partial charge in [0.2, 0.25) is 0 Å². The van der Waals surface area contributed by atoms with Gasteiger partial charge in [0.15, 0.2) is 0 Å². The Kier molecular flexibility index (Phi) is 5.00. The van der Waals surface area contributed by atoms with Gasteiger partial charge in [-0.1, -0.05) is 29.8 Å². The molecule has 0 amide bonds. The summed E-state index contributed by atoms with van der Waals surface area (Å²) in [4.78, 5) is 0. The van der Waals surface area contributed by atoms with Gasteiger partial charge >= 0.3 is 0 Å². The number of nitrogens with two attached hydrogens (primary N) is 1. The summed E-state index contributed by atoms with van der Waals surface area (Å²) in [6.45, 7) is 7.13. The van der Waals surface area contributed by atoms with Gasteiger partial charge < -0.3 is 5.73 Å². The Morgan fingerprint density at radius 2 is 2.00 bits per heavy atom. The van der Waals surface area contributed by atoms with Crippen LogP contribution in [0.2, 0.25) is 0 Å².